The van der Waals surface area contributed by atoms with Gasteiger partial charge in [-0.15, -0.1) is 0 Å². The van der Waals surface area contributed by atoms with Gasteiger partial charge in [-0.1, -0.05) is 68.8 Å². The lowest BCUT2D eigenvalue weighted by atomic mass is 9.89. The molecule has 2 aromatic rings. The van der Waals surface area contributed by atoms with E-state index < -0.39 is 23.5 Å². The Balaban J connectivity index is 1.62. The molecule has 35 heavy (non-hydrogen) atoms. The van der Waals surface area contributed by atoms with Crippen molar-refractivity contribution in [1.82, 2.24) is 10.6 Å². The van der Waals surface area contributed by atoms with Gasteiger partial charge < -0.3 is 20.5 Å². The maximum atomic E-state index is 12.8. The molecule has 0 radical (unpaired) electrons. The zero-order valence-electron chi connectivity index (χ0n) is 21.0. The molecule has 2 atom stereocenters. The molecule has 0 spiro atoms. The molecule has 1 aliphatic rings. The van der Waals surface area contributed by atoms with Crippen LogP contribution in [0.4, 0.5) is 4.79 Å². The highest BCUT2D eigenvalue weighted by molar-refractivity contribution is 5.86. The minimum atomic E-state index is -0.945. The molecule has 1 aliphatic carbocycles. The molecule has 7 nitrogen and oxygen atoms in total. The molecule has 0 bridgehead atoms. The van der Waals surface area contributed by atoms with E-state index in [0.717, 1.165) is 28.7 Å². The standard InChI is InChI=1S/C28H36N2O5/c1-5-18(2)16-24(25(31)29-15-14-28(3,4)26(32)33)30-27(34)35-17-23-21-12-8-6-10-19(21)20-11-7-9-13-22(20)23/h6-13,18,23-24H,5,14-17H2,1-4H3,(H,29,31)(H,30,34)(H,32,33). The Labute approximate surface area is 207 Å². The van der Waals surface area contributed by atoms with Crippen molar-refractivity contribution >= 4 is 18.0 Å². The van der Waals surface area contributed by atoms with Crippen LogP contribution >= 0.6 is 0 Å². The first-order valence-corrected chi connectivity index (χ1v) is 12.3. The number of benzene rings is 2. The van der Waals surface area contributed by atoms with Gasteiger partial charge in [-0.25, -0.2) is 4.79 Å². The van der Waals surface area contributed by atoms with Crippen LogP contribution in [-0.4, -0.2) is 42.3 Å². The summed E-state index contributed by atoms with van der Waals surface area (Å²) in [5, 5.41) is 14.8. The van der Waals surface area contributed by atoms with Gasteiger partial charge in [0.1, 0.15) is 12.6 Å². The fourth-order valence-corrected chi connectivity index (χ4v) is 4.31. The van der Waals surface area contributed by atoms with Crippen LogP contribution in [0.25, 0.3) is 11.1 Å². The van der Waals surface area contributed by atoms with Crippen LogP contribution in [0.2, 0.25) is 0 Å². The number of aliphatic carboxylic acids is 1. The topological polar surface area (TPSA) is 105 Å². The number of carboxylic acid groups (broad SMARTS) is 1. The molecule has 2 amide bonds. The molecular weight excluding hydrogens is 444 g/mol. The first-order valence-electron chi connectivity index (χ1n) is 12.3. The van der Waals surface area contributed by atoms with Gasteiger partial charge in [-0.05, 0) is 54.9 Å². The van der Waals surface area contributed by atoms with Gasteiger partial charge in [0.05, 0.1) is 5.41 Å². The number of amides is 2. The van der Waals surface area contributed by atoms with Crippen LogP contribution in [-0.2, 0) is 14.3 Å². The Morgan fingerprint density at radius 1 is 1.03 bits per heavy atom. The number of carboxylic acids is 1. The van der Waals surface area contributed by atoms with Crippen molar-refractivity contribution in [3.63, 3.8) is 0 Å². The van der Waals surface area contributed by atoms with Gasteiger partial charge >= 0.3 is 12.1 Å². The molecule has 2 unspecified atom stereocenters. The van der Waals surface area contributed by atoms with E-state index >= 15 is 0 Å². The molecule has 188 valence electrons. The molecule has 3 N–H and O–H groups in total. The zero-order valence-corrected chi connectivity index (χ0v) is 21.0. The summed E-state index contributed by atoms with van der Waals surface area (Å²) in [7, 11) is 0. The predicted octanol–water partition coefficient (Wildman–Crippen LogP) is 4.95. The summed E-state index contributed by atoms with van der Waals surface area (Å²) >= 11 is 0. The third-order valence-corrected chi connectivity index (χ3v) is 6.92. The highest BCUT2D eigenvalue weighted by Crippen LogP contribution is 2.44. The molecular formula is C28H36N2O5. The summed E-state index contributed by atoms with van der Waals surface area (Å²) in [4.78, 5) is 36.9. The number of rotatable bonds is 11. The van der Waals surface area contributed by atoms with Crippen LogP contribution in [0.1, 0.15) is 64.0 Å². The smallest absolute Gasteiger partial charge is 0.407 e. The Morgan fingerprint density at radius 3 is 2.14 bits per heavy atom. The number of hydrogen-bond acceptors (Lipinski definition) is 4. The summed E-state index contributed by atoms with van der Waals surface area (Å²) in [6, 6.07) is 15.5. The van der Waals surface area contributed by atoms with Gasteiger partial charge in [-0.3, -0.25) is 9.59 Å². The average molecular weight is 481 g/mol. The summed E-state index contributed by atoms with van der Waals surface area (Å²) < 4.78 is 5.62. The highest BCUT2D eigenvalue weighted by Gasteiger charge is 2.31. The third-order valence-electron chi connectivity index (χ3n) is 6.92. The number of fused-ring (bicyclic) bond motifs is 3. The van der Waals surface area contributed by atoms with Crippen molar-refractivity contribution in [3.8, 4) is 11.1 Å². The maximum Gasteiger partial charge on any atom is 0.407 e. The monoisotopic (exact) mass is 480 g/mol. The predicted molar refractivity (Wildman–Crippen MR) is 135 cm³/mol. The largest absolute Gasteiger partial charge is 0.481 e. The van der Waals surface area contributed by atoms with Gasteiger partial charge in [-0.2, -0.15) is 0 Å². The fraction of sp³-hybridized carbons (Fsp3) is 0.464. The molecule has 0 aromatic heterocycles. The zero-order chi connectivity index (χ0) is 25.6. The van der Waals surface area contributed by atoms with Crippen molar-refractivity contribution in [2.75, 3.05) is 13.2 Å². The van der Waals surface area contributed by atoms with Crippen LogP contribution in [0, 0.1) is 11.3 Å². The van der Waals surface area contributed by atoms with Crippen molar-refractivity contribution in [2.24, 2.45) is 11.3 Å². The SMILES string of the molecule is CCC(C)CC(NC(=O)OCC1c2ccccc2-c2ccccc21)C(=O)NCCC(C)(C)C(=O)O. The minimum absolute atomic E-state index is 0.0618. The first kappa shape index (κ1) is 26.3. The second-order valence-corrected chi connectivity index (χ2v) is 10.0. The molecule has 0 aliphatic heterocycles. The van der Waals surface area contributed by atoms with Gasteiger partial charge in [0.15, 0.2) is 0 Å². The Bertz CT molecular complexity index is 1020. The van der Waals surface area contributed by atoms with E-state index in [2.05, 4.69) is 34.9 Å². The van der Waals surface area contributed by atoms with Gasteiger partial charge in [0.25, 0.3) is 0 Å². The summed E-state index contributed by atoms with van der Waals surface area (Å²) in [5.74, 6) is -1.09. The number of nitrogens with one attached hydrogen (secondary N) is 2. The van der Waals surface area contributed by atoms with Crippen LogP contribution in [0.3, 0.4) is 0 Å². The maximum absolute atomic E-state index is 12.8. The fourth-order valence-electron chi connectivity index (χ4n) is 4.31. The van der Waals surface area contributed by atoms with E-state index in [1.807, 2.05) is 38.1 Å². The van der Waals surface area contributed by atoms with Crippen LogP contribution < -0.4 is 10.6 Å². The summed E-state index contributed by atoms with van der Waals surface area (Å²) in [6.45, 7) is 7.67. The van der Waals surface area contributed by atoms with Gasteiger partial charge in [0, 0.05) is 12.5 Å². The molecule has 3 rings (SSSR count). The normalized spacial score (nSPS) is 14.4. The number of ether oxygens (including phenoxy) is 1. The lowest BCUT2D eigenvalue weighted by Crippen LogP contribution is -2.48. The highest BCUT2D eigenvalue weighted by atomic mass is 16.5. The Kier molecular flexibility index (Phi) is 8.54. The number of alkyl carbamates (subject to hydrolysis) is 1. The van der Waals surface area contributed by atoms with Crippen molar-refractivity contribution in [2.45, 2.75) is 58.9 Å². The number of carbonyl (C=O) groups excluding carboxylic acids is 2. The molecule has 0 heterocycles. The van der Waals surface area contributed by atoms with Crippen LogP contribution in [0.5, 0.6) is 0 Å². The summed E-state index contributed by atoms with van der Waals surface area (Å²) in [5.41, 5.74) is 3.60. The van der Waals surface area contributed by atoms with E-state index in [1.54, 1.807) is 13.8 Å². The first-order chi connectivity index (χ1) is 16.6. The van der Waals surface area contributed by atoms with E-state index in [4.69, 9.17) is 4.74 Å². The minimum Gasteiger partial charge on any atom is -0.481 e. The molecule has 0 saturated carbocycles. The van der Waals surface area contributed by atoms with Crippen LogP contribution in [0.15, 0.2) is 48.5 Å². The molecule has 0 fully saturated rings. The van der Waals surface area contributed by atoms with E-state index in [1.165, 1.54) is 0 Å². The molecule has 0 saturated heterocycles. The second-order valence-electron chi connectivity index (χ2n) is 10.0. The van der Waals surface area contributed by atoms with E-state index in [0.29, 0.717) is 6.42 Å². The molecule has 2 aromatic carbocycles. The number of carbonyl (C=O) groups is 3. The second kappa shape index (κ2) is 11.4. The average Bonchev–Trinajstić information content (AvgIpc) is 3.15. The van der Waals surface area contributed by atoms with Crippen molar-refractivity contribution < 1.29 is 24.2 Å². The Morgan fingerprint density at radius 2 is 1.60 bits per heavy atom. The lowest BCUT2D eigenvalue weighted by Gasteiger charge is -2.23. The Hall–Kier alpha value is -3.35. The summed E-state index contributed by atoms with van der Waals surface area (Å²) in [6.07, 6.45) is 0.979. The third kappa shape index (κ3) is 6.41. The lowest BCUT2D eigenvalue weighted by molar-refractivity contribution is -0.147. The van der Waals surface area contributed by atoms with Gasteiger partial charge in [0.2, 0.25) is 5.91 Å². The van der Waals surface area contributed by atoms with E-state index in [9.17, 15) is 19.5 Å². The quantitative estimate of drug-likeness (QED) is 0.422. The number of hydrogen-bond donors (Lipinski definition) is 3. The van der Waals surface area contributed by atoms with E-state index in [-0.39, 0.29) is 37.3 Å². The van der Waals surface area contributed by atoms with Crippen molar-refractivity contribution in [1.29, 1.82) is 0 Å². The molecule has 7 heteroatoms. The van der Waals surface area contributed by atoms with Crippen molar-refractivity contribution in [3.05, 3.63) is 59.7 Å².